The highest BCUT2D eigenvalue weighted by atomic mass is 16.3. The minimum atomic E-state index is -0.196. The van der Waals surface area contributed by atoms with Crippen LogP contribution in [0.15, 0.2) is 48.5 Å². The van der Waals surface area contributed by atoms with Crippen molar-refractivity contribution in [2.75, 3.05) is 6.54 Å². The van der Waals surface area contributed by atoms with E-state index in [-0.39, 0.29) is 16.7 Å². The standard InChI is InChI=1S/C28H39NO2/c1-8-9-17-29(20-21-13-11-10-12-14-21)25(30)16-15-22-18-23(27(2,3)4)26(31)24(19-22)28(5,6)7/h10-16,18-19,31H,8-9,17,20H2,1-7H3/b16-15+. The number of phenolic OH excluding ortho intramolecular Hbond substituents is 1. The third kappa shape index (κ3) is 6.99. The Bertz CT molecular complexity index is 864. The number of benzene rings is 2. The van der Waals surface area contributed by atoms with E-state index < -0.39 is 0 Å². The van der Waals surface area contributed by atoms with Gasteiger partial charge in [0.2, 0.25) is 5.91 Å². The average Bonchev–Trinajstić information content (AvgIpc) is 2.69. The minimum absolute atomic E-state index is 0.0139. The first-order chi connectivity index (χ1) is 14.4. The predicted octanol–water partition coefficient (Wildman–Crippen LogP) is 6.83. The molecule has 168 valence electrons. The SMILES string of the molecule is CCCCN(Cc1ccccc1)C(=O)/C=C/c1cc(C(C)(C)C)c(O)c(C(C)(C)C)c1. The Morgan fingerprint density at radius 2 is 1.52 bits per heavy atom. The maximum Gasteiger partial charge on any atom is 0.246 e. The summed E-state index contributed by atoms with van der Waals surface area (Å²) in [5, 5.41) is 10.9. The number of rotatable bonds is 7. The van der Waals surface area contributed by atoms with Gasteiger partial charge in [-0.25, -0.2) is 0 Å². The fraction of sp³-hybridized carbons (Fsp3) is 0.464. The summed E-state index contributed by atoms with van der Waals surface area (Å²) in [7, 11) is 0. The lowest BCUT2D eigenvalue weighted by molar-refractivity contribution is -0.126. The van der Waals surface area contributed by atoms with Crippen molar-refractivity contribution >= 4 is 12.0 Å². The first-order valence-electron chi connectivity index (χ1n) is 11.3. The summed E-state index contributed by atoms with van der Waals surface area (Å²) in [5.74, 6) is 0.372. The van der Waals surface area contributed by atoms with Gasteiger partial charge in [0.15, 0.2) is 0 Å². The van der Waals surface area contributed by atoms with Gasteiger partial charge < -0.3 is 10.0 Å². The average molecular weight is 422 g/mol. The quantitative estimate of drug-likeness (QED) is 0.498. The number of hydrogen-bond acceptors (Lipinski definition) is 2. The molecule has 0 atom stereocenters. The fourth-order valence-electron chi connectivity index (χ4n) is 3.59. The number of aromatic hydroxyl groups is 1. The van der Waals surface area contributed by atoms with E-state index in [1.165, 1.54) is 0 Å². The second kappa shape index (κ2) is 10.2. The van der Waals surface area contributed by atoms with Crippen LogP contribution < -0.4 is 0 Å². The molecule has 2 rings (SSSR count). The Kier molecular flexibility index (Phi) is 8.11. The molecule has 0 bridgehead atoms. The molecule has 2 aromatic rings. The Hall–Kier alpha value is -2.55. The van der Waals surface area contributed by atoms with Crippen LogP contribution in [-0.2, 0) is 22.2 Å². The summed E-state index contributed by atoms with van der Waals surface area (Å²) in [6.07, 6.45) is 5.58. The Morgan fingerprint density at radius 1 is 0.968 bits per heavy atom. The monoisotopic (exact) mass is 421 g/mol. The minimum Gasteiger partial charge on any atom is -0.507 e. The molecule has 1 amide bonds. The number of carbonyl (C=O) groups excluding carboxylic acids is 1. The van der Waals surface area contributed by atoms with E-state index in [2.05, 4.69) is 60.6 Å². The van der Waals surface area contributed by atoms with Crippen molar-refractivity contribution in [3.05, 3.63) is 70.8 Å². The molecule has 0 aliphatic carbocycles. The maximum atomic E-state index is 13.0. The van der Waals surface area contributed by atoms with Gasteiger partial charge in [-0.05, 0) is 46.6 Å². The first-order valence-corrected chi connectivity index (χ1v) is 11.3. The zero-order chi connectivity index (χ0) is 23.2. The van der Waals surface area contributed by atoms with Crippen LogP contribution in [0.2, 0.25) is 0 Å². The summed E-state index contributed by atoms with van der Waals surface area (Å²) in [6, 6.07) is 14.1. The van der Waals surface area contributed by atoms with Crippen molar-refractivity contribution in [1.82, 2.24) is 4.90 Å². The molecule has 0 unspecified atom stereocenters. The zero-order valence-electron chi connectivity index (χ0n) is 20.3. The highest BCUT2D eigenvalue weighted by molar-refractivity contribution is 5.92. The molecule has 0 fully saturated rings. The zero-order valence-corrected chi connectivity index (χ0v) is 20.3. The molecule has 0 aliphatic heterocycles. The molecule has 1 N–H and O–H groups in total. The Balaban J connectivity index is 2.35. The molecular weight excluding hydrogens is 382 g/mol. The highest BCUT2D eigenvalue weighted by Gasteiger charge is 2.26. The van der Waals surface area contributed by atoms with Gasteiger partial charge in [-0.3, -0.25) is 4.79 Å². The van der Waals surface area contributed by atoms with Crippen LogP contribution in [0.1, 0.15) is 83.6 Å². The van der Waals surface area contributed by atoms with E-state index in [1.807, 2.05) is 41.3 Å². The molecule has 0 saturated heterocycles. The first kappa shape index (κ1) is 24.7. The van der Waals surface area contributed by atoms with Crippen molar-refractivity contribution in [3.8, 4) is 5.75 Å². The van der Waals surface area contributed by atoms with Crippen LogP contribution in [0.25, 0.3) is 6.08 Å². The predicted molar refractivity (Wildman–Crippen MR) is 131 cm³/mol. The molecule has 3 nitrogen and oxygen atoms in total. The Labute approximate surface area is 188 Å². The van der Waals surface area contributed by atoms with Gasteiger partial charge in [0.25, 0.3) is 0 Å². The van der Waals surface area contributed by atoms with Gasteiger partial charge in [-0.2, -0.15) is 0 Å². The summed E-state index contributed by atoms with van der Waals surface area (Å²) >= 11 is 0. The van der Waals surface area contributed by atoms with Crippen molar-refractivity contribution in [2.24, 2.45) is 0 Å². The molecule has 0 saturated carbocycles. The number of phenols is 1. The number of carbonyl (C=O) groups is 1. The van der Waals surface area contributed by atoms with Gasteiger partial charge in [0, 0.05) is 30.3 Å². The number of nitrogens with zero attached hydrogens (tertiary/aromatic N) is 1. The summed E-state index contributed by atoms with van der Waals surface area (Å²) in [5.41, 5.74) is 3.49. The second-order valence-electron chi connectivity index (χ2n) is 10.4. The van der Waals surface area contributed by atoms with Crippen molar-refractivity contribution in [1.29, 1.82) is 0 Å². The second-order valence-corrected chi connectivity index (χ2v) is 10.4. The van der Waals surface area contributed by atoms with Crippen LogP contribution in [0.4, 0.5) is 0 Å². The number of unbranched alkanes of at least 4 members (excludes halogenated alkanes) is 1. The molecule has 31 heavy (non-hydrogen) atoms. The van der Waals surface area contributed by atoms with Crippen molar-refractivity contribution in [2.45, 2.75) is 78.7 Å². The molecule has 3 heteroatoms. The lowest BCUT2D eigenvalue weighted by atomic mass is 9.78. The van der Waals surface area contributed by atoms with Crippen molar-refractivity contribution in [3.63, 3.8) is 0 Å². The normalized spacial score (nSPS) is 12.4. The topological polar surface area (TPSA) is 40.5 Å². The molecule has 2 aromatic carbocycles. The van der Waals surface area contributed by atoms with Crippen LogP contribution in [0.5, 0.6) is 5.75 Å². The van der Waals surface area contributed by atoms with E-state index in [4.69, 9.17) is 0 Å². The van der Waals surface area contributed by atoms with Crippen LogP contribution >= 0.6 is 0 Å². The summed E-state index contributed by atoms with van der Waals surface area (Å²) in [4.78, 5) is 15.0. The molecule has 0 aromatic heterocycles. The van der Waals surface area contributed by atoms with Crippen LogP contribution in [0, 0.1) is 0 Å². The van der Waals surface area contributed by atoms with Gasteiger partial charge in [-0.1, -0.05) is 85.2 Å². The van der Waals surface area contributed by atoms with Crippen molar-refractivity contribution < 1.29 is 9.90 Å². The maximum absolute atomic E-state index is 13.0. The summed E-state index contributed by atoms with van der Waals surface area (Å²) < 4.78 is 0. The van der Waals surface area contributed by atoms with E-state index in [0.717, 1.165) is 41.6 Å². The van der Waals surface area contributed by atoms with Gasteiger partial charge >= 0.3 is 0 Å². The lowest BCUT2D eigenvalue weighted by Crippen LogP contribution is -2.30. The number of hydrogen-bond donors (Lipinski definition) is 1. The highest BCUT2D eigenvalue weighted by Crippen LogP contribution is 2.40. The van der Waals surface area contributed by atoms with Gasteiger partial charge in [-0.15, -0.1) is 0 Å². The molecule has 0 aliphatic rings. The number of amides is 1. The van der Waals surface area contributed by atoms with E-state index >= 15 is 0 Å². The van der Waals surface area contributed by atoms with E-state index in [1.54, 1.807) is 6.08 Å². The molecule has 0 spiro atoms. The lowest BCUT2D eigenvalue weighted by Gasteiger charge is -2.28. The molecule has 0 heterocycles. The Morgan fingerprint density at radius 3 is 2.00 bits per heavy atom. The largest absolute Gasteiger partial charge is 0.507 e. The fourth-order valence-corrected chi connectivity index (χ4v) is 3.59. The third-order valence-electron chi connectivity index (χ3n) is 5.48. The molecule has 0 radical (unpaired) electrons. The molecular formula is C28H39NO2. The smallest absolute Gasteiger partial charge is 0.246 e. The third-order valence-corrected chi connectivity index (χ3v) is 5.48. The van der Waals surface area contributed by atoms with Crippen LogP contribution in [-0.4, -0.2) is 22.5 Å². The van der Waals surface area contributed by atoms with Gasteiger partial charge in [0.05, 0.1) is 0 Å². The van der Waals surface area contributed by atoms with Gasteiger partial charge in [0.1, 0.15) is 5.75 Å². The van der Waals surface area contributed by atoms with Crippen LogP contribution in [0.3, 0.4) is 0 Å². The summed E-state index contributed by atoms with van der Waals surface area (Å²) in [6.45, 7) is 16.1. The van der Waals surface area contributed by atoms with E-state index in [9.17, 15) is 9.90 Å². The van der Waals surface area contributed by atoms with E-state index in [0.29, 0.717) is 12.3 Å².